The third-order valence-corrected chi connectivity index (χ3v) is 3.91. The Morgan fingerprint density at radius 3 is 2.54 bits per heavy atom. The monoisotopic (exact) mass is 365 g/mol. The highest BCUT2D eigenvalue weighted by atomic mass is 35.5. The van der Waals surface area contributed by atoms with E-state index in [1.807, 2.05) is 0 Å². The fourth-order valence-corrected chi connectivity index (χ4v) is 2.91. The zero-order valence-corrected chi connectivity index (χ0v) is 14.4. The van der Waals surface area contributed by atoms with Crippen molar-refractivity contribution in [1.29, 1.82) is 0 Å². The quantitative estimate of drug-likeness (QED) is 0.609. The number of hydrogen-bond acceptors (Lipinski definition) is 5. The van der Waals surface area contributed by atoms with Gasteiger partial charge in [-0.2, -0.15) is 0 Å². The lowest BCUT2D eigenvalue weighted by Crippen LogP contribution is -2.03. The average molecular weight is 366 g/mol. The van der Waals surface area contributed by atoms with Gasteiger partial charge in [0.25, 0.3) is 0 Å². The standard InChI is InChI=1S/C17H13Cl2NO4/c1-3-23-17(21)9-4-5-14-13(8-9)20-16(24-14)10-6-11(18)15(22-2)12(19)7-10/h4-8H,3H2,1-2H3. The van der Waals surface area contributed by atoms with Crippen LogP contribution in [0.15, 0.2) is 34.7 Å². The molecule has 1 aromatic heterocycles. The molecule has 0 N–H and O–H groups in total. The van der Waals surface area contributed by atoms with Crippen molar-refractivity contribution >= 4 is 40.3 Å². The van der Waals surface area contributed by atoms with Crippen LogP contribution in [0.1, 0.15) is 17.3 Å². The molecule has 24 heavy (non-hydrogen) atoms. The van der Waals surface area contributed by atoms with Crippen molar-refractivity contribution in [2.45, 2.75) is 6.92 Å². The Labute approximate surface area is 148 Å². The van der Waals surface area contributed by atoms with Gasteiger partial charge in [0.15, 0.2) is 11.3 Å². The van der Waals surface area contributed by atoms with Gasteiger partial charge in [-0.1, -0.05) is 23.2 Å². The molecule has 0 radical (unpaired) electrons. The molecule has 0 aliphatic carbocycles. The van der Waals surface area contributed by atoms with E-state index in [1.165, 1.54) is 7.11 Å². The van der Waals surface area contributed by atoms with Crippen LogP contribution >= 0.6 is 23.2 Å². The summed E-state index contributed by atoms with van der Waals surface area (Å²) < 4.78 is 15.8. The molecule has 0 aliphatic heterocycles. The summed E-state index contributed by atoms with van der Waals surface area (Å²) in [7, 11) is 1.49. The number of rotatable bonds is 4. The first-order valence-corrected chi connectivity index (χ1v) is 7.90. The summed E-state index contributed by atoms with van der Waals surface area (Å²) in [5.41, 5.74) is 2.11. The molecule has 3 rings (SSSR count). The first-order chi connectivity index (χ1) is 11.5. The van der Waals surface area contributed by atoms with Crippen LogP contribution in [0.4, 0.5) is 0 Å². The minimum absolute atomic E-state index is 0.309. The highest BCUT2D eigenvalue weighted by Crippen LogP contribution is 2.37. The first kappa shape index (κ1) is 16.6. The Morgan fingerprint density at radius 1 is 1.21 bits per heavy atom. The van der Waals surface area contributed by atoms with E-state index >= 15 is 0 Å². The third-order valence-electron chi connectivity index (χ3n) is 3.35. The van der Waals surface area contributed by atoms with Crippen molar-refractivity contribution in [2.24, 2.45) is 0 Å². The van der Waals surface area contributed by atoms with Crippen LogP contribution in [0.2, 0.25) is 10.0 Å². The van der Waals surface area contributed by atoms with Crippen molar-refractivity contribution in [3.8, 4) is 17.2 Å². The molecule has 2 aromatic carbocycles. The molecule has 0 fully saturated rings. The third kappa shape index (κ3) is 3.05. The summed E-state index contributed by atoms with van der Waals surface area (Å²) in [5, 5.41) is 0.712. The Bertz CT molecular complexity index is 897. The van der Waals surface area contributed by atoms with Crippen LogP contribution in [0, 0.1) is 0 Å². The summed E-state index contributed by atoms with van der Waals surface area (Å²) in [4.78, 5) is 16.2. The van der Waals surface area contributed by atoms with Crippen molar-refractivity contribution in [2.75, 3.05) is 13.7 Å². The zero-order chi connectivity index (χ0) is 17.3. The smallest absolute Gasteiger partial charge is 0.338 e. The Hall–Kier alpha value is -2.24. The lowest BCUT2D eigenvalue weighted by atomic mass is 10.2. The largest absolute Gasteiger partial charge is 0.494 e. The Morgan fingerprint density at radius 2 is 1.92 bits per heavy atom. The molecule has 0 unspecified atom stereocenters. The maximum absolute atomic E-state index is 11.8. The summed E-state index contributed by atoms with van der Waals surface area (Å²) in [6.07, 6.45) is 0. The van der Waals surface area contributed by atoms with Gasteiger partial charge in [0.05, 0.1) is 29.3 Å². The molecule has 1 heterocycles. The molecule has 0 spiro atoms. The maximum Gasteiger partial charge on any atom is 0.338 e. The number of halogens is 2. The number of oxazole rings is 1. The van der Waals surface area contributed by atoms with Gasteiger partial charge in [0, 0.05) is 5.56 Å². The molecule has 0 saturated heterocycles. The predicted octanol–water partition coefficient (Wildman–Crippen LogP) is 4.99. The molecule has 5 nitrogen and oxygen atoms in total. The number of methoxy groups -OCH3 is 1. The summed E-state index contributed by atoms with van der Waals surface area (Å²) in [6, 6.07) is 8.23. The van der Waals surface area contributed by atoms with Crippen LogP contribution in [0.25, 0.3) is 22.6 Å². The van der Waals surface area contributed by atoms with E-state index in [9.17, 15) is 4.79 Å². The summed E-state index contributed by atoms with van der Waals surface area (Å²) in [5.74, 6) is 0.333. The number of carbonyl (C=O) groups excluding carboxylic acids is 1. The number of carbonyl (C=O) groups is 1. The minimum Gasteiger partial charge on any atom is -0.494 e. The first-order valence-electron chi connectivity index (χ1n) is 7.14. The lowest BCUT2D eigenvalue weighted by molar-refractivity contribution is 0.0526. The van der Waals surface area contributed by atoms with E-state index in [2.05, 4.69) is 4.98 Å². The van der Waals surface area contributed by atoms with Gasteiger partial charge < -0.3 is 13.9 Å². The molecular weight excluding hydrogens is 353 g/mol. The van der Waals surface area contributed by atoms with Crippen LogP contribution < -0.4 is 4.74 Å². The number of esters is 1. The molecule has 3 aromatic rings. The zero-order valence-electron chi connectivity index (χ0n) is 12.9. The van der Waals surface area contributed by atoms with Gasteiger partial charge in [0.1, 0.15) is 5.52 Å². The van der Waals surface area contributed by atoms with E-state index in [4.69, 9.17) is 37.1 Å². The predicted molar refractivity (Wildman–Crippen MR) is 92.0 cm³/mol. The summed E-state index contributed by atoms with van der Waals surface area (Å²) >= 11 is 12.3. The number of ether oxygens (including phenoxy) is 2. The lowest BCUT2D eigenvalue weighted by Gasteiger charge is -2.06. The second kappa shape index (κ2) is 6.71. The van der Waals surface area contributed by atoms with Gasteiger partial charge in [-0.15, -0.1) is 0 Å². The molecule has 0 saturated carbocycles. The fraction of sp³-hybridized carbons (Fsp3) is 0.176. The number of hydrogen-bond donors (Lipinski definition) is 0. The van der Waals surface area contributed by atoms with Gasteiger partial charge in [0.2, 0.25) is 5.89 Å². The number of fused-ring (bicyclic) bond motifs is 1. The van der Waals surface area contributed by atoms with E-state index < -0.39 is 5.97 Å². The molecule has 0 aliphatic rings. The molecule has 0 bridgehead atoms. The van der Waals surface area contributed by atoms with Gasteiger partial charge in [-0.05, 0) is 37.3 Å². The van der Waals surface area contributed by atoms with E-state index in [1.54, 1.807) is 37.3 Å². The van der Waals surface area contributed by atoms with Gasteiger partial charge in [-0.3, -0.25) is 0 Å². The average Bonchev–Trinajstić information content (AvgIpc) is 2.98. The topological polar surface area (TPSA) is 61.6 Å². The fourth-order valence-electron chi connectivity index (χ4n) is 2.27. The Kier molecular flexibility index (Phi) is 4.64. The van der Waals surface area contributed by atoms with Gasteiger partial charge in [-0.25, -0.2) is 9.78 Å². The summed E-state index contributed by atoms with van der Waals surface area (Å²) in [6.45, 7) is 2.06. The molecule has 124 valence electrons. The molecule has 7 heteroatoms. The van der Waals surface area contributed by atoms with E-state index in [0.717, 1.165) is 0 Å². The molecule has 0 atom stereocenters. The maximum atomic E-state index is 11.8. The number of nitrogens with zero attached hydrogens (tertiary/aromatic N) is 1. The van der Waals surface area contributed by atoms with Crippen molar-refractivity contribution in [1.82, 2.24) is 4.98 Å². The second-order valence-corrected chi connectivity index (χ2v) is 5.71. The highest BCUT2D eigenvalue weighted by Gasteiger charge is 2.15. The van der Waals surface area contributed by atoms with Crippen molar-refractivity contribution in [3.05, 3.63) is 45.9 Å². The molecular formula is C17H13Cl2NO4. The van der Waals surface area contributed by atoms with E-state index in [-0.39, 0.29) is 0 Å². The van der Waals surface area contributed by atoms with Gasteiger partial charge >= 0.3 is 5.97 Å². The Balaban J connectivity index is 2.04. The second-order valence-electron chi connectivity index (χ2n) is 4.90. The van der Waals surface area contributed by atoms with Crippen LogP contribution in [0.3, 0.4) is 0 Å². The van der Waals surface area contributed by atoms with E-state index in [0.29, 0.717) is 50.5 Å². The van der Waals surface area contributed by atoms with Crippen LogP contribution in [0.5, 0.6) is 5.75 Å². The minimum atomic E-state index is -0.403. The number of aromatic nitrogens is 1. The van der Waals surface area contributed by atoms with Crippen molar-refractivity contribution < 1.29 is 18.7 Å². The van der Waals surface area contributed by atoms with Crippen molar-refractivity contribution in [3.63, 3.8) is 0 Å². The normalized spacial score (nSPS) is 10.8. The van der Waals surface area contributed by atoms with Crippen LogP contribution in [-0.4, -0.2) is 24.7 Å². The SMILES string of the molecule is CCOC(=O)c1ccc2oc(-c3cc(Cl)c(OC)c(Cl)c3)nc2c1. The highest BCUT2D eigenvalue weighted by molar-refractivity contribution is 6.37. The van der Waals surface area contributed by atoms with Crippen LogP contribution in [-0.2, 0) is 4.74 Å². The number of benzene rings is 2. The molecule has 0 amide bonds.